The first-order valence-electron chi connectivity index (χ1n) is 14.6. The van der Waals surface area contributed by atoms with E-state index in [1.807, 2.05) is 0 Å². The zero-order chi connectivity index (χ0) is 25.0. The second kappa shape index (κ2) is 11.3. The number of hydrogen-bond donors (Lipinski definition) is 1. The highest BCUT2D eigenvalue weighted by Gasteiger charge is 2.48. The lowest BCUT2D eigenvalue weighted by atomic mass is 9.67. The highest BCUT2D eigenvalue weighted by Crippen LogP contribution is 2.50. The first-order valence-corrected chi connectivity index (χ1v) is 14.6. The van der Waals surface area contributed by atoms with E-state index in [4.69, 9.17) is 14.5 Å². The van der Waals surface area contributed by atoms with Gasteiger partial charge in [-0.25, -0.2) is 0 Å². The predicted molar refractivity (Wildman–Crippen MR) is 146 cm³/mol. The van der Waals surface area contributed by atoms with Crippen molar-refractivity contribution in [3.63, 3.8) is 0 Å². The van der Waals surface area contributed by atoms with Gasteiger partial charge in [0.05, 0.1) is 11.7 Å². The van der Waals surface area contributed by atoms with Crippen LogP contribution in [0.25, 0.3) is 0 Å². The highest BCUT2D eigenvalue weighted by atomic mass is 16.5. The number of aromatic nitrogens is 1. The van der Waals surface area contributed by atoms with E-state index in [1.165, 1.54) is 48.2 Å². The highest BCUT2D eigenvalue weighted by molar-refractivity contribution is 5.34. The SMILES string of the molecule is CCO[C@H]1CC[C@H](NCC[C@@]2(c3cccc(CC(C)C)n3)CCOC3(CCCC3)C2)c2ccccc21. The van der Waals surface area contributed by atoms with E-state index in [-0.39, 0.29) is 17.1 Å². The monoisotopic (exact) mass is 490 g/mol. The number of nitrogens with one attached hydrogen (secondary N) is 1. The van der Waals surface area contributed by atoms with Crippen LogP contribution in [0.2, 0.25) is 0 Å². The first kappa shape index (κ1) is 25.9. The minimum atomic E-state index is 0.0656. The van der Waals surface area contributed by atoms with E-state index in [0.29, 0.717) is 12.0 Å². The maximum absolute atomic E-state index is 6.51. The van der Waals surface area contributed by atoms with Crippen LogP contribution in [0.5, 0.6) is 0 Å². The van der Waals surface area contributed by atoms with Crippen molar-refractivity contribution < 1.29 is 9.47 Å². The molecule has 0 radical (unpaired) electrons. The normalized spacial score (nSPS) is 27.4. The lowest BCUT2D eigenvalue weighted by Crippen LogP contribution is -2.47. The summed E-state index contributed by atoms with van der Waals surface area (Å²) < 4.78 is 12.6. The molecule has 1 N–H and O–H groups in total. The van der Waals surface area contributed by atoms with Crippen LogP contribution in [-0.2, 0) is 21.3 Å². The van der Waals surface area contributed by atoms with Gasteiger partial charge in [0.15, 0.2) is 0 Å². The van der Waals surface area contributed by atoms with Crippen molar-refractivity contribution in [2.24, 2.45) is 5.92 Å². The molecule has 0 amide bonds. The summed E-state index contributed by atoms with van der Waals surface area (Å²) in [5.41, 5.74) is 5.49. The largest absolute Gasteiger partial charge is 0.375 e. The van der Waals surface area contributed by atoms with Gasteiger partial charge in [0.2, 0.25) is 0 Å². The quantitative estimate of drug-likeness (QED) is 0.402. The molecule has 4 heteroatoms. The molecule has 0 unspecified atom stereocenters. The van der Waals surface area contributed by atoms with E-state index >= 15 is 0 Å². The van der Waals surface area contributed by atoms with Crippen molar-refractivity contribution in [1.82, 2.24) is 10.3 Å². The lowest BCUT2D eigenvalue weighted by molar-refractivity contribution is -0.104. The van der Waals surface area contributed by atoms with E-state index in [2.05, 4.69) is 68.6 Å². The van der Waals surface area contributed by atoms with Crippen LogP contribution in [-0.4, -0.2) is 30.3 Å². The van der Waals surface area contributed by atoms with Crippen LogP contribution in [0.4, 0.5) is 0 Å². The molecule has 196 valence electrons. The van der Waals surface area contributed by atoms with E-state index < -0.39 is 0 Å². The second-order valence-electron chi connectivity index (χ2n) is 12.0. The number of rotatable bonds is 9. The van der Waals surface area contributed by atoms with Crippen molar-refractivity contribution in [1.29, 1.82) is 0 Å². The van der Waals surface area contributed by atoms with Crippen LogP contribution in [0.1, 0.15) is 113 Å². The van der Waals surface area contributed by atoms with Crippen LogP contribution >= 0.6 is 0 Å². The summed E-state index contributed by atoms with van der Waals surface area (Å²) in [5.74, 6) is 0.619. The third-order valence-electron chi connectivity index (χ3n) is 8.93. The summed E-state index contributed by atoms with van der Waals surface area (Å²) in [4.78, 5) is 5.30. The third kappa shape index (κ3) is 5.56. The van der Waals surface area contributed by atoms with Gasteiger partial charge in [-0.15, -0.1) is 0 Å². The van der Waals surface area contributed by atoms with Crippen molar-refractivity contribution in [3.05, 3.63) is 65.0 Å². The molecule has 0 bridgehead atoms. The summed E-state index contributed by atoms with van der Waals surface area (Å²) in [6.07, 6.45) is 11.8. The Bertz CT molecular complexity index is 999. The smallest absolute Gasteiger partial charge is 0.0828 e. The molecule has 3 atom stereocenters. The Morgan fingerprint density at radius 1 is 1.03 bits per heavy atom. The Kier molecular flexibility index (Phi) is 8.14. The van der Waals surface area contributed by atoms with Crippen LogP contribution in [0, 0.1) is 5.92 Å². The molecule has 2 aliphatic carbocycles. The second-order valence-corrected chi connectivity index (χ2v) is 12.0. The number of benzene rings is 1. The Labute approximate surface area is 218 Å². The number of pyridine rings is 1. The maximum Gasteiger partial charge on any atom is 0.0828 e. The average Bonchev–Trinajstić information content (AvgIpc) is 3.32. The summed E-state index contributed by atoms with van der Waals surface area (Å²) in [5, 5.41) is 3.98. The van der Waals surface area contributed by atoms with Gasteiger partial charge >= 0.3 is 0 Å². The summed E-state index contributed by atoms with van der Waals surface area (Å²) in [6, 6.07) is 16.1. The molecule has 2 fully saturated rings. The third-order valence-corrected chi connectivity index (χ3v) is 8.93. The van der Waals surface area contributed by atoms with Gasteiger partial charge in [0.25, 0.3) is 0 Å². The van der Waals surface area contributed by atoms with E-state index in [0.717, 1.165) is 58.3 Å². The fourth-order valence-electron chi connectivity index (χ4n) is 7.25. The van der Waals surface area contributed by atoms with Gasteiger partial charge in [-0.05, 0) is 94.0 Å². The van der Waals surface area contributed by atoms with Gasteiger partial charge < -0.3 is 14.8 Å². The van der Waals surface area contributed by atoms with Gasteiger partial charge in [-0.2, -0.15) is 0 Å². The Morgan fingerprint density at radius 3 is 2.61 bits per heavy atom. The maximum atomic E-state index is 6.51. The summed E-state index contributed by atoms with van der Waals surface area (Å²) in [6.45, 7) is 9.30. The molecule has 2 heterocycles. The molecule has 1 aromatic carbocycles. The van der Waals surface area contributed by atoms with Crippen molar-refractivity contribution in [3.8, 4) is 0 Å². The van der Waals surface area contributed by atoms with Gasteiger partial charge in [0, 0.05) is 36.1 Å². The topological polar surface area (TPSA) is 43.4 Å². The molecule has 1 saturated heterocycles. The van der Waals surface area contributed by atoms with E-state index in [9.17, 15) is 0 Å². The molecule has 1 aromatic heterocycles. The van der Waals surface area contributed by atoms with Crippen LogP contribution in [0.15, 0.2) is 42.5 Å². The minimum Gasteiger partial charge on any atom is -0.375 e. The summed E-state index contributed by atoms with van der Waals surface area (Å²) >= 11 is 0. The van der Waals surface area contributed by atoms with Crippen molar-refractivity contribution >= 4 is 0 Å². The molecule has 1 spiro atoms. The van der Waals surface area contributed by atoms with Gasteiger partial charge in [0.1, 0.15) is 0 Å². The van der Waals surface area contributed by atoms with Gasteiger partial charge in [-0.1, -0.05) is 57.0 Å². The van der Waals surface area contributed by atoms with Crippen molar-refractivity contribution in [2.45, 2.75) is 108 Å². The molecular formula is C32H46N2O2. The Balaban J connectivity index is 1.36. The Morgan fingerprint density at radius 2 is 1.83 bits per heavy atom. The zero-order valence-corrected chi connectivity index (χ0v) is 22.7. The molecule has 36 heavy (non-hydrogen) atoms. The number of fused-ring (bicyclic) bond motifs is 1. The van der Waals surface area contributed by atoms with Crippen molar-refractivity contribution in [2.75, 3.05) is 19.8 Å². The average molecular weight is 491 g/mol. The predicted octanol–water partition coefficient (Wildman–Crippen LogP) is 7.23. The Hall–Kier alpha value is -1.75. The number of ether oxygens (including phenoxy) is 2. The molecule has 1 saturated carbocycles. The fourth-order valence-corrected chi connectivity index (χ4v) is 7.25. The standard InChI is InChI=1S/C32H46N2O2/c1-4-35-29-15-14-28(26-11-5-6-12-27(26)29)33-20-18-31(19-21-36-32(23-31)16-7-8-17-32)30-13-9-10-25(34-30)22-24(2)3/h5-6,9-13,24,28-29,33H,4,7-8,14-23H2,1-3H3/t28-,29-,31+/m0/s1. The molecule has 1 aliphatic heterocycles. The fraction of sp³-hybridized carbons (Fsp3) is 0.656. The number of hydrogen-bond acceptors (Lipinski definition) is 4. The number of nitrogens with zero attached hydrogens (tertiary/aromatic N) is 1. The minimum absolute atomic E-state index is 0.0656. The molecule has 4 nitrogen and oxygen atoms in total. The molecule has 3 aliphatic rings. The lowest BCUT2D eigenvalue weighted by Gasteiger charge is -2.47. The molecule has 2 aromatic rings. The van der Waals surface area contributed by atoms with Gasteiger partial charge in [-0.3, -0.25) is 4.98 Å². The van der Waals surface area contributed by atoms with Crippen LogP contribution in [0.3, 0.4) is 0 Å². The summed E-state index contributed by atoms with van der Waals surface area (Å²) in [7, 11) is 0. The first-order chi connectivity index (χ1) is 17.5. The molecular weight excluding hydrogens is 444 g/mol. The van der Waals surface area contributed by atoms with E-state index in [1.54, 1.807) is 0 Å². The molecule has 5 rings (SSSR count). The van der Waals surface area contributed by atoms with Crippen LogP contribution < -0.4 is 5.32 Å². The zero-order valence-electron chi connectivity index (χ0n) is 22.7.